The van der Waals surface area contributed by atoms with Crippen LogP contribution in [0, 0.1) is 6.92 Å². The summed E-state index contributed by atoms with van der Waals surface area (Å²) in [6, 6.07) is 12.3. The van der Waals surface area contributed by atoms with Gasteiger partial charge in [0.25, 0.3) is 0 Å². The van der Waals surface area contributed by atoms with E-state index in [2.05, 4.69) is 40.3 Å². The van der Waals surface area contributed by atoms with Crippen LogP contribution in [0.5, 0.6) is 0 Å². The molecule has 0 unspecified atom stereocenters. The molecule has 0 spiro atoms. The third-order valence-electron chi connectivity index (χ3n) is 6.09. The fraction of sp³-hybridized carbons (Fsp3) is 0.414. The summed E-state index contributed by atoms with van der Waals surface area (Å²) >= 11 is 0. The molecule has 9 heteroatoms. The summed E-state index contributed by atoms with van der Waals surface area (Å²) in [5.41, 5.74) is 11.2. The van der Waals surface area contributed by atoms with Crippen molar-refractivity contribution in [3.05, 3.63) is 83.6 Å². The van der Waals surface area contributed by atoms with Gasteiger partial charge in [-0.3, -0.25) is 10.9 Å². The first kappa shape index (κ1) is 30.7. The highest BCUT2D eigenvalue weighted by molar-refractivity contribution is 5.92. The molecular formula is C29H43FN8. The van der Waals surface area contributed by atoms with E-state index < -0.39 is 0 Å². The summed E-state index contributed by atoms with van der Waals surface area (Å²) in [7, 11) is 1.90. The molecule has 0 saturated carbocycles. The molecule has 0 radical (unpaired) electrons. The zero-order chi connectivity index (χ0) is 28.1. The van der Waals surface area contributed by atoms with E-state index in [0.29, 0.717) is 11.7 Å². The maximum absolute atomic E-state index is 12.9. The molecule has 0 atom stereocenters. The maximum Gasteiger partial charge on any atom is 0.151 e. The lowest BCUT2D eigenvalue weighted by Crippen LogP contribution is -2.38. The molecule has 0 amide bonds. The lowest BCUT2D eigenvalue weighted by Gasteiger charge is -2.28. The zero-order valence-electron chi connectivity index (χ0n) is 23.6. The standard InChI is InChI=1S/C15H19FN2.C12H18N6.C2H6/c1-4-15(16)11-10-13(2)17-18(3)12-14-8-6-5-7-9-14;1-8-6-10(9-2-4-17(14)5-3-9)18-11(8)12(13)15-7-16-18;1-2/h4-11H,12H2,1-3H3;6-7,9H,2-5,14H2,1H3,(H2,13,15,16);1-2H3/b11-10-,15-4+,17-13+;;. The molecule has 1 aliphatic rings. The van der Waals surface area contributed by atoms with Crippen LogP contribution in [0.2, 0.25) is 0 Å². The van der Waals surface area contributed by atoms with Gasteiger partial charge in [0.05, 0.1) is 12.3 Å². The molecule has 1 saturated heterocycles. The first-order valence-electron chi connectivity index (χ1n) is 13.2. The number of hydrogen-bond acceptors (Lipinski definition) is 7. The predicted octanol–water partition coefficient (Wildman–Crippen LogP) is 5.62. The molecule has 0 aliphatic carbocycles. The zero-order valence-corrected chi connectivity index (χ0v) is 23.6. The van der Waals surface area contributed by atoms with Crippen LogP contribution < -0.4 is 11.6 Å². The Morgan fingerprint density at radius 2 is 1.84 bits per heavy atom. The van der Waals surface area contributed by atoms with Crippen molar-refractivity contribution in [2.24, 2.45) is 10.9 Å². The Morgan fingerprint density at radius 3 is 2.47 bits per heavy atom. The van der Waals surface area contributed by atoms with Crippen molar-refractivity contribution in [3.8, 4) is 0 Å². The quantitative estimate of drug-likeness (QED) is 0.189. The van der Waals surface area contributed by atoms with Gasteiger partial charge in [-0.05, 0) is 63.0 Å². The lowest BCUT2D eigenvalue weighted by atomic mass is 9.94. The van der Waals surface area contributed by atoms with E-state index in [-0.39, 0.29) is 5.83 Å². The topological polar surface area (TPSA) is 101 Å². The predicted molar refractivity (Wildman–Crippen MR) is 156 cm³/mol. The number of allylic oxidation sites excluding steroid dienone is 4. The molecule has 38 heavy (non-hydrogen) atoms. The highest BCUT2D eigenvalue weighted by Crippen LogP contribution is 2.30. The Kier molecular flexibility index (Phi) is 12.6. The lowest BCUT2D eigenvalue weighted by molar-refractivity contribution is 0.215. The summed E-state index contributed by atoms with van der Waals surface area (Å²) in [5, 5.41) is 12.4. The van der Waals surface area contributed by atoms with Crippen molar-refractivity contribution in [1.29, 1.82) is 0 Å². The third kappa shape index (κ3) is 9.08. The summed E-state index contributed by atoms with van der Waals surface area (Å²) in [6.45, 7) is 12.2. The van der Waals surface area contributed by atoms with E-state index in [1.165, 1.54) is 29.7 Å². The highest BCUT2D eigenvalue weighted by Gasteiger charge is 2.23. The van der Waals surface area contributed by atoms with Crippen molar-refractivity contribution >= 4 is 17.0 Å². The van der Waals surface area contributed by atoms with Crippen molar-refractivity contribution < 1.29 is 4.39 Å². The van der Waals surface area contributed by atoms with Crippen LogP contribution in [-0.4, -0.2) is 50.5 Å². The summed E-state index contributed by atoms with van der Waals surface area (Å²) in [6.07, 6.45) is 8.13. The molecule has 206 valence electrons. The summed E-state index contributed by atoms with van der Waals surface area (Å²) in [5.74, 6) is 6.59. The number of rotatable bonds is 6. The number of anilines is 1. The van der Waals surface area contributed by atoms with Gasteiger partial charge in [-0.1, -0.05) is 50.3 Å². The molecule has 4 N–H and O–H groups in total. The van der Waals surface area contributed by atoms with Gasteiger partial charge in [0.2, 0.25) is 0 Å². The Labute approximate surface area is 226 Å². The van der Waals surface area contributed by atoms with Crippen LogP contribution >= 0.6 is 0 Å². The number of benzene rings is 1. The molecule has 0 bridgehead atoms. The van der Waals surface area contributed by atoms with Crippen LogP contribution in [0.25, 0.3) is 5.52 Å². The summed E-state index contributed by atoms with van der Waals surface area (Å²) in [4.78, 5) is 4.06. The van der Waals surface area contributed by atoms with Gasteiger partial charge >= 0.3 is 0 Å². The first-order chi connectivity index (χ1) is 18.3. The molecular weight excluding hydrogens is 479 g/mol. The minimum Gasteiger partial charge on any atom is -0.382 e. The summed E-state index contributed by atoms with van der Waals surface area (Å²) < 4.78 is 14.8. The fourth-order valence-electron chi connectivity index (χ4n) is 4.25. The number of hydrazone groups is 1. The van der Waals surface area contributed by atoms with E-state index >= 15 is 0 Å². The highest BCUT2D eigenvalue weighted by atomic mass is 19.1. The molecule has 3 heterocycles. The molecule has 1 aromatic carbocycles. The monoisotopic (exact) mass is 522 g/mol. The molecule has 1 fully saturated rings. The van der Waals surface area contributed by atoms with Gasteiger partial charge in [-0.15, -0.1) is 0 Å². The number of nitrogen functional groups attached to an aromatic ring is 1. The van der Waals surface area contributed by atoms with Gasteiger partial charge in [0.1, 0.15) is 17.7 Å². The number of nitrogens with zero attached hydrogens (tertiary/aromatic N) is 6. The van der Waals surface area contributed by atoms with E-state index in [0.717, 1.165) is 49.3 Å². The fourth-order valence-corrected chi connectivity index (χ4v) is 4.25. The second-order valence-electron chi connectivity index (χ2n) is 9.02. The molecule has 8 nitrogen and oxygen atoms in total. The molecule has 3 aromatic rings. The molecule has 2 aromatic heterocycles. The molecule has 4 rings (SSSR count). The third-order valence-corrected chi connectivity index (χ3v) is 6.09. The average molecular weight is 523 g/mol. The van der Waals surface area contributed by atoms with Crippen molar-refractivity contribution in [1.82, 2.24) is 24.6 Å². The average Bonchev–Trinajstić information content (AvgIpc) is 3.27. The van der Waals surface area contributed by atoms with Gasteiger partial charge in [-0.2, -0.15) is 10.2 Å². The Balaban J connectivity index is 0.000000251. The maximum atomic E-state index is 12.9. The van der Waals surface area contributed by atoms with Crippen molar-refractivity contribution in [2.75, 3.05) is 25.9 Å². The first-order valence-corrected chi connectivity index (χ1v) is 13.2. The smallest absolute Gasteiger partial charge is 0.151 e. The van der Waals surface area contributed by atoms with E-state index in [1.54, 1.807) is 13.0 Å². The minimum absolute atomic E-state index is 0.254. The number of aryl methyl sites for hydroxylation is 1. The van der Waals surface area contributed by atoms with E-state index in [4.69, 9.17) is 11.6 Å². The second-order valence-corrected chi connectivity index (χ2v) is 9.02. The number of nitrogens with two attached hydrogens (primary N) is 2. The van der Waals surface area contributed by atoms with Crippen molar-refractivity contribution in [2.45, 2.75) is 59.9 Å². The van der Waals surface area contributed by atoms with Crippen LogP contribution in [0.15, 0.2) is 71.9 Å². The van der Waals surface area contributed by atoms with Gasteiger partial charge in [0, 0.05) is 31.7 Å². The number of halogens is 1. The van der Waals surface area contributed by atoms with Crippen molar-refractivity contribution in [3.63, 3.8) is 0 Å². The Hall–Kier alpha value is -3.56. The molecule has 1 aliphatic heterocycles. The number of hydrogen-bond donors (Lipinski definition) is 2. The number of piperidine rings is 1. The number of hydrazine groups is 1. The van der Waals surface area contributed by atoms with Crippen LogP contribution in [0.3, 0.4) is 0 Å². The van der Waals surface area contributed by atoms with Crippen LogP contribution in [-0.2, 0) is 6.54 Å². The van der Waals surface area contributed by atoms with E-state index in [1.807, 2.05) is 60.6 Å². The van der Waals surface area contributed by atoms with Crippen LogP contribution in [0.1, 0.15) is 63.3 Å². The SMILES string of the molecule is CC.C\C=C(F)/C=C\C(C)=N\N(C)Cc1ccccc1.Cc1cc(C2CCN(N)CC2)n2ncnc(N)c12. The van der Waals surface area contributed by atoms with Gasteiger partial charge in [-0.25, -0.2) is 18.9 Å². The number of aromatic nitrogens is 3. The normalized spacial score (nSPS) is 15.2. The number of fused-ring (bicyclic) bond motifs is 1. The minimum atomic E-state index is -0.254. The second kappa shape index (κ2) is 15.6. The Bertz CT molecular complexity index is 1210. The van der Waals surface area contributed by atoms with E-state index in [9.17, 15) is 4.39 Å². The van der Waals surface area contributed by atoms with Crippen LogP contribution in [0.4, 0.5) is 10.2 Å². The van der Waals surface area contributed by atoms with Gasteiger partial charge < -0.3 is 5.73 Å². The Morgan fingerprint density at radius 1 is 1.18 bits per heavy atom. The van der Waals surface area contributed by atoms with Gasteiger partial charge in [0.15, 0.2) is 5.82 Å². The largest absolute Gasteiger partial charge is 0.382 e.